The minimum Gasteiger partial charge on any atom is -0.493 e. The van der Waals surface area contributed by atoms with Gasteiger partial charge < -0.3 is 24.3 Å². The third kappa shape index (κ3) is 3.69. The molecule has 6 rings (SSSR count). The predicted octanol–water partition coefficient (Wildman–Crippen LogP) is 6.04. The Kier molecular flexibility index (Phi) is 5.33. The molecular weight excluding hydrogens is 466 g/mol. The Morgan fingerprint density at radius 3 is 2.34 bits per heavy atom. The van der Waals surface area contributed by atoms with Gasteiger partial charge in [-0.15, -0.1) is 0 Å². The summed E-state index contributed by atoms with van der Waals surface area (Å²) in [5.74, 6) is 2.66. The molecule has 2 atom stereocenters. The minimum atomic E-state index is -0.216. The number of benzene rings is 3. The van der Waals surface area contributed by atoms with Crippen molar-refractivity contribution in [2.45, 2.75) is 24.7 Å². The number of allylic oxidation sites excluding steroid dienone is 2. The second-order valence-corrected chi connectivity index (χ2v) is 9.37. The highest BCUT2D eigenvalue weighted by Gasteiger charge is 2.39. The van der Waals surface area contributed by atoms with Gasteiger partial charge in [-0.05, 0) is 59.4 Å². The van der Waals surface area contributed by atoms with Gasteiger partial charge in [-0.2, -0.15) is 0 Å². The molecule has 35 heavy (non-hydrogen) atoms. The molecule has 0 amide bonds. The fourth-order valence-corrected chi connectivity index (χ4v) is 5.48. The number of anilines is 1. The van der Waals surface area contributed by atoms with Gasteiger partial charge in [-0.3, -0.25) is 4.79 Å². The molecule has 7 heteroatoms. The third-order valence-electron chi connectivity index (χ3n) is 7.02. The number of nitrogens with one attached hydrogen (secondary N) is 1. The maximum absolute atomic E-state index is 13.7. The van der Waals surface area contributed by atoms with Crippen LogP contribution in [0.3, 0.4) is 0 Å². The molecule has 3 aliphatic rings. The van der Waals surface area contributed by atoms with E-state index < -0.39 is 0 Å². The summed E-state index contributed by atoms with van der Waals surface area (Å²) in [6.45, 7) is 0.192. The van der Waals surface area contributed by atoms with E-state index in [1.54, 1.807) is 14.2 Å². The zero-order chi connectivity index (χ0) is 24.1. The summed E-state index contributed by atoms with van der Waals surface area (Å²) < 4.78 is 22.2. The number of carbonyl (C=O) groups is 1. The maximum Gasteiger partial charge on any atom is 0.231 e. The average Bonchev–Trinajstić information content (AvgIpc) is 3.33. The summed E-state index contributed by atoms with van der Waals surface area (Å²) in [5, 5.41) is 4.22. The Labute approximate surface area is 208 Å². The van der Waals surface area contributed by atoms with E-state index in [4.69, 9.17) is 30.5 Å². The normalized spacial score (nSPS) is 20.1. The smallest absolute Gasteiger partial charge is 0.231 e. The Balaban J connectivity index is 1.44. The predicted molar refractivity (Wildman–Crippen MR) is 133 cm³/mol. The van der Waals surface area contributed by atoms with E-state index in [0.717, 1.165) is 33.6 Å². The van der Waals surface area contributed by atoms with Crippen LogP contribution in [0.25, 0.3) is 0 Å². The highest BCUT2D eigenvalue weighted by Crippen LogP contribution is 2.51. The van der Waals surface area contributed by atoms with E-state index >= 15 is 0 Å². The van der Waals surface area contributed by atoms with Gasteiger partial charge in [-0.1, -0.05) is 29.8 Å². The first-order chi connectivity index (χ1) is 17.1. The van der Waals surface area contributed by atoms with E-state index in [-0.39, 0.29) is 24.4 Å². The van der Waals surface area contributed by atoms with Crippen LogP contribution >= 0.6 is 11.6 Å². The number of carbonyl (C=O) groups excluding carboxylic acids is 1. The number of hydrogen-bond donors (Lipinski definition) is 1. The third-order valence-corrected chi connectivity index (χ3v) is 7.27. The van der Waals surface area contributed by atoms with Gasteiger partial charge in [0, 0.05) is 40.4 Å². The lowest BCUT2D eigenvalue weighted by molar-refractivity contribution is -0.116. The Morgan fingerprint density at radius 2 is 1.60 bits per heavy atom. The monoisotopic (exact) mass is 489 g/mol. The first-order valence-corrected chi connectivity index (χ1v) is 11.9. The molecule has 178 valence electrons. The van der Waals surface area contributed by atoms with Crippen molar-refractivity contribution in [1.82, 2.24) is 0 Å². The zero-order valence-electron chi connectivity index (χ0n) is 19.4. The van der Waals surface area contributed by atoms with Gasteiger partial charge in [0.2, 0.25) is 6.79 Å². The lowest BCUT2D eigenvalue weighted by atomic mass is 9.72. The van der Waals surface area contributed by atoms with E-state index in [0.29, 0.717) is 40.9 Å². The second-order valence-electron chi connectivity index (χ2n) is 8.94. The standard InChI is InChI=1S/C28H24ClNO5/c1-32-23-8-5-16(11-24(23)33-2)17-9-21-28(22(31)10-17)27(15-3-6-18(29)7-4-15)19-12-25-26(35-14-34-25)13-20(19)30-21/h3-8,11-13,17,27,30H,9-10,14H2,1-2H3/t17-,27-/m0/s1. The minimum absolute atomic E-state index is 0.0231. The average molecular weight is 490 g/mol. The highest BCUT2D eigenvalue weighted by atomic mass is 35.5. The Bertz CT molecular complexity index is 1360. The van der Waals surface area contributed by atoms with Crippen molar-refractivity contribution >= 4 is 23.1 Å². The molecule has 1 N–H and O–H groups in total. The summed E-state index contributed by atoms with van der Waals surface area (Å²) in [7, 11) is 3.24. The van der Waals surface area contributed by atoms with Gasteiger partial charge in [0.05, 0.1) is 14.2 Å². The number of fused-ring (bicyclic) bond motifs is 2. The number of hydrogen-bond acceptors (Lipinski definition) is 6. The van der Waals surface area contributed by atoms with Crippen LogP contribution in [0.15, 0.2) is 65.9 Å². The number of methoxy groups -OCH3 is 2. The van der Waals surface area contributed by atoms with Crippen LogP contribution in [0.2, 0.25) is 5.02 Å². The molecule has 0 bridgehead atoms. The van der Waals surface area contributed by atoms with Gasteiger partial charge in [-0.25, -0.2) is 0 Å². The van der Waals surface area contributed by atoms with Crippen LogP contribution in [-0.4, -0.2) is 26.8 Å². The van der Waals surface area contributed by atoms with Crippen molar-refractivity contribution in [3.63, 3.8) is 0 Å². The Morgan fingerprint density at radius 1 is 0.886 bits per heavy atom. The fourth-order valence-electron chi connectivity index (χ4n) is 5.35. The molecule has 0 spiro atoms. The molecule has 0 fully saturated rings. The highest BCUT2D eigenvalue weighted by molar-refractivity contribution is 6.30. The van der Waals surface area contributed by atoms with E-state index in [1.807, 2.05) is 54.6 Å². The molecule has 0 unspecified atom stereocenters. The SMILES string of the molecule is COc1ccc([C@@H]2CC(=O)C3=C(C2)Nc2cc4c(cc2[C@@H]3c2ccc(Cl)cc2)OCO4)cc1OC. The van der Waals surface area contributed by atoms with Crippen LogP contribution in [-0.2, 0) is 4.79 Å². The summed E-state index contributed by atoms with van der Waals surface area (Å²) >= 11 is 6.18. The van der Waals surface area contributed by atoms with Crippen molar-refractivity contribution in [2.75, 3.05) is 26.3 Å². The first-order valence-electron chi connectivity index (χ1n) is 11.5. The number of Topliss-reactive ketones (excluding diaryl/α,β-unsaturated/α-hetero) is 1. The number of ketones is 1. The van der Waals surface area contributed by atoms with E-state index in [1.165, 1.54) is 0 Å². The zero-order valence-corrected chi connectivity index (χ0v) is 20.1. The molecule has 1 aliphatic carbocycles. The fraction of sp³-hybridized carbons (Fsp3) is 0.250. The molecule has 0 aromatic heterocycles. The van der Waals surface area contributed by atoms with Crippen LogP contribution in [0, 0.1) is 0 Å². The van der Waals surface area contributed by atoms with Crippen LogP contribution < -0.4 is 24.3 Å². The van der Waals surface area contributed by atoms with Crippen molar-refractivity contribution in [1.29, 1.82) is 0 Å². The molecule has 0 saturated carbocycles. The van der Waals surface area contributed by atoms with E-state index in [9.17, 15) is 4.79 Å². The van der Waals surface area contributed by atoms with Crippen molar-refractivity contribution in [3.8, 4) is 23.0 Å². The van der Waals surface area contributed by atoms with Gasteiger partial charge in [0.15, 0.2) is 28.8 Å². The summed E-state index contributed by atoms with van der Waals surface area (Å²) in [6.07, 6.45) is 1.12. The van der Waals surface area contributed by atoms with E-state index in [2.05, 4.69) is 5.32 Å². The van der Waals surface area contributed by atoms with Crippen molar-refractivity contribution < 1.29 is 23.7 Å². The molecule has 2 heterocycles. The summed E-state index contributed by atoms with van der Waals surface area (Å²) in [4.78, 5) is 13.7. The molecule has 2 aliphatic heterocycles. The molecular formula is C28H24ClNO5. The maximum atomic E-state index is 13.7. The lowest BCUT2D eigenvalue weighted by Gasteiger charge is -2.37. The Hall–Kier alpha value is -3.64. The number of ether oxygens (including phenoxy) is 4. The van der Waals surface area contributed by atoms with Crippen LogP contribution in [0.4, 0.5) is 5.69 Å². The molecule has 0 saturated heterocycles. The molecule has 6 nitrogen and oxygen atoms in total. The van der Waals surface area contributed by atoms with Gasteiger partial charge in [0.25, 0.3) is 0 Å². The quantitative estimate of drug-likeness (QED) is 0.481. The second kappa shape index (κ2) is 8.54. The molecule has 0 radical (unpaired) electrons. The van der Waals surface area contributed by atoms with Crippen molar-refractivity contribution in [3.05, 3.63) is 87.6 Å². The molecule has 3 aromatic carbocycles. The molecule has 3 aromatic rings. The van der Waals surface area contributed by atoms with Crippen molar-refractivity contribution in [2.24, 2.45) is 0 Å². The summed E-state index contributed by atoms with van der Waals surface area (Å²) in [6, 6.07) is 17.5. The van der Waals surface area contributed by atoms with Gasteiger partial charge >= 0.3 is 0 Å². The summed E-state index contributed by atoms with van der Waals surface area (Å²) in [5.41, 5.74) is 5.72. The van der Waals surface area contributed by atoms with Gasteiger partial charge in [0.1, 0.15) is 0 Å². The number of halogens is 1. The topological polar surface area (TPSA) is 66.0 Å². The largest absolute Gasteiger partial charge is 0.493 e. The first kappa shape index (κ1) is 21.9. The number of rotatable bonds is 4. The van der Waals surface area contributed by atoms with Crippen LogP contribution in [0.1, 0.15) is 41.4 Å². The van der Waals surface area contributed by atoms with Crippen LogP contribution in [0.5, 0.6) is 23.0 Å². The lowest BCUT2D eigenvalue weighted by Crippen LogP contribution is -2.29.